The third kappa shape index (κ3) is 5.85. The molecule has 2 aromatic rings. The van der Waals surface area contributed by atoms with Crippen LogP contribution in [0.1, 0.15) is 34.7 Å². The van der Waals surface area contributed by atoms with Gasteiger partial charge in [-0.15, -0.1) is 11.8 Å². The van der Waals surface area contributed by atoms with Crippen molar-refractivity contribution in [2.75, 3.05) is 5.75 Å². The van der Waals surface area contributed by atoms with Crippen molar-refractivity contribution in [3.63, 3.8) is 0 Å². The van der Waals surface area contributed by atoms with Crippen LogP contribution in [0.15, 0.2) is 47.6 Å². The van der Waals surface area contributed by atoms with Gasteiger partial charge >= 0.3 is 0 Å². The zero-order valence-corrected chi connectivity index (χ0v) is 15.5. The van der Waals surface area contributed by atoms with E-state index in [2.05, 4.69) is 42.6 Å². The molecule has 24 heavy (non-hydrogen) atoms. The fraction of sp³-hybridized carbons (Fsp3) is 0.300. The standard InChI is InChI=1S/C20H24N2OS/c1-14-5-7-19(8-6-14)17(4)21-22-20(23)13-24-12-18-10-15(2)9-16(3)11-18/h5-11H,12-13H2,1-4H3,(H,22,23)/b21-17-. The summed E-state index contributed by atoms with van der Waals surface area (Å²) in [5.74, 6) is 1.16. The maximum Gasteiger partial charge on any atom is 0.250 e. The molecule has 0 saturated heterocycles. The highest BCUT2D eigenvalue weighted by molar-refractivity contribution is 7.99. The highest BCUT2D eigenvalue weighted by atomic mass is 32.2. The lowest BCUT2D eigenvalue weighted by Crippen LogP contribution is -2.21. The first-order valence-corrected chi connectivity index (χ1v) is 9.14. The van der Waals surface area contributed by atoms with E-state index < -0.39 is 0 Å². The summed E-state index contributed by atoms with van der Waals surface area (Å²) in [6, 6.07) is 14.6. The molecule has 0 heterocycles. The van der Waals surface area contributed by atoms with Gasteiger partial charge in [0.2, 0.25) is 5.91 Å². The predicted molar refractivity (Wildman–Crippen MR) is 104 cm³/mol. The molecule has 126 valence electrons. The van der Waals surface area contributed by atoms with Gasteiger partial charge in [-0.05, 0) is 38.8 Å². The predicted octanol–water partition coefficient (Wildman–Crippen LogP) is 4.39. The number of hydrogen-bond donors (Lipinski definition) is 1. The van der Waals surface area contributed by atoms with Crippen LogP contribution in [0.3, 0.4) is 0 Å². The van der Waals surface area contributed by atoms with Crippen molar-refractivity contribution in [1.29, 1.82) is 0 Å². The second kappa shape index (κ2) is 8.69. The maximum atomic E-state index is 11.9. The van der Waals surface area contributed by atoms with Crippen molar-refractivity contribution in [3.8, 4) is 0 Å². The third-order valence-electron chi connectivity index (χ3n) is 3.60. The molecule has 0 spiro atoms. The molecule has 4 heteroatoms. The van der Waals surface area contributed by atoms with Gasteiger partial charge in [-0.25, -0.2) is 5.43 Å². The molecule has 0 atom stereocenters. The largest absolute Gasteiger partial charge is 0.272 e. The van der Waals surface area contributed by atoms with E-state index in [9.17, 15) is 4.79 Å². The fourth-order valence-electron chi connectivity index (χ4n) is 2.45. The monoisotopic (exact) mass is 340 g/mol. The second-order valence-corrected chi connectivity index (χ2v) is 7.07. The van der Waals surface area contributed by atoms with Crippen LogP contribution >= 0.6 is 11.8 Å². The van der Waals surface area contributed by atoms with Crippen molar-refractivity contribution >= 4 is 23.4 Å². The molecule has 0 aliphatic carbocycles. The number of rotatable bonds is 6. The van der Waals surface area contributed by atoms with Gasteiger partial charge < -0.3 is 0 Å². The molecule has 0 aromatic heterocycles. The molecule has 0 unspecified atom stereocenters. The van der Waals surface area contributed by atoms with Crippen LogP contribution in [0.2, 0.25) is 0 Å². The van der Waals surface area contributed by atoms with E-state index in [-0.39, 0.29) is 5.91 Å². The van der Waals surface area contributed by atoms with E-state index in [0.717, 1.165) is 17.0 Å². The van der Waals surface area contributed by atoms with Crippen LogP contribution in [0.5, 0.6) is 0 Å². The van der Waals surface area contributed by atoms with Crippen LogP contribution in [-0.4, -0.2) is 17.4 Å². The highest BCUT2D eigenvalue weighted by Gasteiger charge is 2.03. The van der Waals surface area contributed by atoms with Gasteiger partial charge in [0.05, 0.1) is 11.5 Å². The van der Waals surface area contributed by atoms with Gasteiger partial charge in [-0.1, -0.05) is 59.2 Å². The Kier molecular flexibility index (Phi) is 6.62. The normalized spacial score (nSPS) is 11.4. The third-order valence-corrected chi connectivity index (χ3v) is 4.60. The van der Waals surface area contributed by atoms with E-state index in [4.69, 9.17) is 0 Å². The topological polar surface area (TPSA) is 41.5 Å². The molecule has 1 N–H and O–H groups in total. The number of hydrazone groups is 1. The number of nitrogens with one attached hydrogen (secondary N) is 1. The van der Waals surface area contributed by atoms with Crippen LogP contribution in [0.4, 0.5) is 0 Å². The average molecular weight is 340 g/mol. The molecular formula is C20H24N2OS. The molecule has 1 amide bonds. The van der Waals surface area contributed by atoms with Crippen molar-refractivity contribution in [3.05, 3.63) is 70.3 Å². The lowest BCUT2D eigenvalue weighted by Gasteiger charge is -2.05. The van der Waals surface area contributed by atoms with Crippen molar-refractivity contribution in [2.45, 2.75) is 33.4 Å². The summed E-state index contributed by atoms with van der Waals surface area (Å²) in [6.45, 7) is 8.13. The van der Waals surface area contributed by atoms with E-state index in [1.807, 2.05) is 38.1 Å². The number of aryl methyl sites for hydroxylation is 3. The number of benzene rings is 2. The first-order valence-electron chi connectivity index (χ1n) is 7.99. The summed E-state index contributed by atoms with van der Waals surface area (Å²) in [7, 11) is 0. The van der Waals surface area contributed by atoms with Crippen molar-refractivity contribution in [2.24, 2.45) is 5.10 Å². The minimum atomic E-state index is -0.0733. The van der Waals surface area contributed by atoms with Gasteiger partial charge in [0.1, 0.15) is 0 Å². The van der Waals surface area contributed by atoms with E-state index >= 15 is 0 Å². The first-order chi connectivity index (χ1) is 11.4. The Bertz CT molecular complexity index is 716. The van der Waals surface area contributed by atoms with Crippen LogP contribution < -0.4 is 5.43 Å². The summed E-state index contributed by atoms with van der Waals surface area (Å²) in [4.78, 5) is 11.9. The minimum absolute atomic E-state index is 0.0733. The number of thioether (sulfide) groups is 1. The Labute approximate surface area is 148 Å². The van der Waals surface area contributed by atoms with Crippen LogP contribution in [0, 0.1) is 20.8 Å². The number of carbonyl (C=O) groups is 1. The molecule has 3 nitrogen and oxygen atoms in total. The van der Waals surface area contributed by atoms with E-state index in [1.165, 1.54) is 22.3 Å². The Morgan fingerprint density at radius 2 is 1.62 bits per heavy atom. The molecule has 2 aromatic carbocycles. The Morgan fingerprint density at radius 3 is 2.25 bits per heavy atom. The fourth-order valence-corrected chi connectivity index (χ4v) is 3.21. The number of amides is 1. The summed E-state index contributed by atoms with van der Waals surface area (Å²) in [5, 5.41) is 4.18. The van der Waals surface area contributed by atoms with Crippen molar-refractivity contribution in [1.82, 2.24) is 5.43 Å². The molecular weight excluding hydrogens is 316 g/mol. The van der Waals surface area contributed by atoms with E-state index in [1.54, 1.807) is 11.8 Å². The Balaban J connectivity index is 1.80. The van der Waals surface area contributed by atoms with Gasteiger partial charge in [0, 0.05) is 5.75 Å². The summed E-state index contributed by atoms with van der Waals surface area (Å²) in [5.41, 5.74) is 9.43. The quantitative estimate of drug-likeness (QED) is 0.626. The molecule has 0 radical (unpaired) electrons. The Hall–Kier alpha value is -2.07. The molecule has 2 rings (SSSR count). The van der Waals surface area contributed by atoms with E-state index in [0.29, 0.717) is 5.75 Å². The van der Waals surface area contributed by atoms with Crippen LogP contribution in [-0.2, 0) is 10.5 Å². The molecule has 0 fully saturated rings. The molecule has 0 aliphatic rings. The zero-order valence-electron chi connectivity index (χ0n) is 14.7. The van der Waals surface area contributed by atoms with Gasteiger partial charge in [-0.2, -0.15) is 5.10 Å². The second-order valence-electron chi connectivity index (χ2n) is 6.09. The zero-order chi connectivity index (χ0) is 17.5. The van der Waals surface area contributed by atoms with Crippen LogP contribution in [0.25, 0.3) is 0 Å². The molecule has 0 saturated carbocycles. The summed E-state index contributed by atoms with van der Waals surface area (Å²) < 4.78 is 0. The minimum Gasteiger partial charge on any atom is -0.272 e. The first kappa shape index (κ1) is 18.3. The Morgan fingerprint density at radius 1 is 1.00 bits per heavy atom. The number of carbonyl (C=O) groups excluding carboxylic acids is 1. The lowest BCUT2D eigenvalue weighted by atomic mass is 10.1. The maximum absolute atomic E-state index is 11.9. The lowest BCUT2D eigenvalue weighted by molar-refractivity contribution is -0.118. The smallest absolute Gasteiger partial charge is 0.250 e. The summed E-state index contributed by atoms with van der Waals surface area (Å²) >= 11 is 1.60. The van der Waals surface area contributed by atoms with Crippen molar-refractivity contribution < 1.29 is 4.79 Å². The molecule has 0 bridgehead atoms. The number of hydrogen-bond acceptors (Lipinski definition) is 3. The van der Waals surface area contributed by atoms with Gasteiger partial charge in [-0.3, -0.25) is 4.79 Å². The highest BCUT2D eigenvalue weighted by Crippen LogP contribution is 2.15. The molecule has 0 aliphatic heterocycles. The van der Waals surface area contributed by atoms with Gasteiger partial charge in [0.15, 0.2) is 0 Å². The number of nitrogens with zero attached hydrogens (tertiary/aromatic N) is 1. The van der Waals surface area contributed by atoms with Gasteiger partial charge in [0.25, 0.3) is 0 Å². The summed E-state index contributed by atoms with van der Waals surface area (Å²) in [6.07, 6.45) is 0. The SMILES string of the molecule is C/C(=N/NC(=O)CSCc1cc(C)cc(C)c1)c1ccc(C)cc1. The average Bonchev–Trinajstić information content (AvgIpc) is 2.52.